The van der Waals surface area contributed by atoms with E-state index in [9.17, 15) is 4.79 Å². The molecule has 0 aromatic carbocycles. The van der Waals surface area contributed by atoms with Gasteiger partial charge in [-0.3, -0.25) is 4.79 Å². The third kappa shape index (κ3) is 2.79. The summed E-state index contributed by atoms with van der Waals surface area (Å²) in [5, 5.41) is 0. The first-order valence-electron chi connectivity index (χ1n) is 6.24. The highest BCUT2D eigenvalue weighted by molar-refractivity contribution is 5.94. The zero-order valence-electron chi connectivity index (χ0n) is 10.9. The number of hydrazine groups is 1. The Morgan fingerprint density at radius 2 is 2.28 bits per heavy atom. The number of pyridine rings is 1. The Labute approximate surface area is 107 Å². The van der Waals surface area contributed by atoms with Gasteiger partial charge in [-0.1, -0.05) is 13.8 Å². The van der Waals surface area contributed by atoms with E-state index in [2.05, 4.69) is 24.3 Å². The molecule has 2 rings (SSSR count). The number of amides is 1. The summed E-state index contributed by atoms with van der Waals surface area (Å²) < 4.78 is 0. The van der Waals surface area contributed by atoms with Gasteiger partial charge in [0.1, 0.15) is 5.82 Å². The maximum absolute atomic E-state index is 12.3. The number of hydrogen-bond acceptors (Lipinski definition) is 4. The summed E-state index contributed by atoms with van der Waals surface area (Å²) in [6.45, 7) is 6.04. The van der Waals surface area contributed by atoms with E-state index in [1.165, 1.54) is 6.42 Å². The molecule has 0 unspecified atom stereocenters. The number of nitrogens with zero attached hydrogens (tertiary/aromatic N) is 2. The highest BCUT2D eigenvalue weighted by Crippen LogP contribution is 2.29. The molecule has 5 nitrogen and oxygen atoms in total. The number of nitrogens with one attached hydrogen (secondary N) is 1. The summed E-state index contributed by atoms with van der Waals surface area (Å²) in [7, 11) is 0. The molecule has 18 heavy (non-hydrogen) atoms. The minimum Gasteiger partial charge on any atom is -0.338 e. The van der Waals surface area contributed by atoms with E-state index >= 15 is 0 Å². The van der Waals surface area contributed by atoms with E-state index in [1.54, 1.807) is 18.3 Å². The Kier molecular flexibility index (Phi) is 3.52. The van der Waals surface area contributed by atoms with Gasteiger partial charge in [-0.2, -0.15) is 0 Å². The summed E-state index contributed by atoms with van der Waals surface area (Å²) in [5.41, 5.74) is 3.28. The molecule has 0 atom stereocenters. The molecule has 98 valence electrons. The van der Waals surface area contributed by atoms with Crippen LogP contribution in [0, 0.1) is 5.41 Å². The average Bonchev–Trinajstić information content (AvgIpc) is 2.37. The molecule has 1 aliphatic heterocycles. The molecule has 0 radical (unpaired) electrons. The van der Waals surface area contributed by atoms with Crippen LogP contribution in [0.3, 0.4) is 0 Å². The van der Waals surface area contributed by atoms with Crippen LogP contribution in [0.2, 0.25) is 0 Å². The second-order valence-electron chi connectivity index (χ2n) is 5.57. The van der Waals surface area contributed by atoms with Crippen molar-refractivity contribution in [3.8, 4) is 0 Å². The van der Waals surface area contributed by atoms with Crippen LogP contribution >= 0.6 is 0 Å². The summed E-state index contributed by atoms with van der Waals surface area (Å²) >= 11 is 0. The fourth-order valence-electron chi connectivity index (χ4n) is 2.38. The monoisotopic (exact) mass is 248 g/mol. The first-order valence-corrected chi connectivity index (χ1v) is 6.24. The van der Waals surface area contributed by atoms with E-state index in [-0.39, 0.29) is 11.3 Å². The fraction of sp³-hybridized carbons (Fsp3) is 0.538. The molecular weight excluding hydrogens is 228 g/mol. The summed E-state index contributed by atoms with van der Waals surface area (Å²) in [6, 6.07) is 3.47. The SMILES string of the molecule is CC1(C)CCCN(C(=O)c2ccc(NN)nc2)C1. The van der Waals surface area contributed by atoms with Crippen molar-refractivity contribution >= 4 is 11.7 Å². The van der Waals surface area contributed by atoms with Crippen molar-refractivity contribution in [2.24, 2.45) is 11.3 Å². The lowest BCUT2D eigenvalue weighted by atomic mass is 9.84. The van der Waals surface area contributed by atoms with Crippen LogP contribution in [0.25, 0.3) is 0 Å². The number of likely N-dealkylation sites (tertiary alicyclic amines) is 1. The number of carbonyl (C=O) groups is 1. The third-order valence-corrected chi connectivity index (χ3v) is 3.35. The normalized spacial score (nSPS) is 18.5. The van der Waals surface area contributed by atoms with Gasteiger partial charge in [-0.15, -0.1) is 0 Å². The number of hydrogen-bond donors (Lipinski definition) is 2. The molecule has 1 aromatic heterocycles. The molecule has 5 heteroatoms. The maximum Gasteiger partial charge on any atom is 0.255 e. The van der Waals surface area contributed by atoms with Crippen LogP contribution in [0.5, 0.6) is 0 Å². The van der Waals surface area contributed by atoms with Crippen molar-refractivity contribution in [2.45, 2.75) is 26.7 Å². The minimum absolute atomic E-state index is 0.0545. The molecule has 0 saturated carbocycles. The van der Waals surface area contributed by atoms with Gasteiger partial charge in [0.15, 0.2) is 0 Å². The van der Waals surface area contributed by atoms with Crippen LogP contribution in [-0.4, -0.2) is 28.9 Å². The molecule has 0 bridgehead atoms. The molecule has 0 spiro atoms. The van der Waals surface area contributed by atoms with Crippen molar-refractivity contribution in [2.75, 3.05) is 18.5 Å². The van der Waals surface area contributed by atoms with Crippen LogP contribution in [-0.2, 0) is 0 Å². The van der Waals surface area contributed by atoms with Crippen molar-refractivity contribution in [1.29, 1.82) is 0 Å². The van der Waals surface area contributed by atoms with Crippen LogP contribution in [0.4, 0.5) is 5.82 Å². The summed E-state index contributed by atoms with van der Waals surface area (Å²) in [5.74, 6) is 5.86. The predicted octanol–water partition coefficient (Wildman–Crippen LogP) is 1.63. The molecular formula is C13H20N4O. The summed E-state index contributed by atoms with van der Waals surface area (Å²) in [4.78, 5) is 18.3. The van der Waals surface area contributed by atoms with Crippen LogP contribution in [0.15, 0.2) is 18.3 Å². The van der Waals surface area contributed by atoms with E-state index < -0.39 is 0 Å². The number of rotatable bonds is 2. The van der Waals surface area contributed by atoms with E-state index in [1.807, 2.05) is 4.90 Å². The summed E-state index contributed by atoms with van der Waals surface area (Å²) in [6.07, 6.45) is 3.80. The number of carbonyl (C=O) groups excluding carboxylic acids is 1. The Bertz CT molecular complexity index is 427. The minimum atomic E-state index is 0.0545. The smallest absolute Gasteiger partial charge is 0.255 e. The number of piperidine rings is 1. The topological polar surface area (TPSA) is 71.2 Å². The number of nitrogens with two attached hydrogens (primary N) is 1. The Balaban J connectivity index is 2.10. The van der Waals surface area contributed by atoms with Gasteiger partial charge < -0.3 is 10.3 Å². The van der Waals surface area contributed by atoms with Gasteiger partial charge in [0.2, 0.25) is 0 Å². The van der Waals surface area contributed by atoms with Crippen LogP contribution < -0.4 is 11.3 Å². The zero-order valence-corrected chi connectivity index (χ0v) is 10.9. The quantitative estimate of drug-likeness (QED) is 0.616. The third-order valence-electron chi connectivity index (χ3n) is 3.35. The van der Waals surface area contributed by atoms with Gasteiger partial charge >= 0.3 is 0 Å². The zero-order chi connectivity index (χ0) is 13.2. The first kappa shape index (κ1) is 12.8. The van der Waals surface area contributed by atoms with E-state index in [4.69, 9.17) is 5.84 Å². The Morgan fingerprint density at radius 1 is 1.50 bits per heavy atom. The molecule has 0 aliphatic carbocycles. The van der Waals surface area contributed by atoms with Gasteiger partial charge in [-0.05, 0) is 30.4 Å². The second kappa shape index (κ2) is 4.94. The van der Waals surface area contributed by atoms with E-state index in [0.717, 1.165) is 19.5 Å². The van der Waals surface area contributed by atoms with Gasteiger partial charge in [0, 0.05) is 19.3 Å². The molecule has 1 amide bonds. The second-order valence-corrected chi connectivity index (χ2v) is 5.57. The van der Waals surface area contributed by atoms with Gasteiger partial charge in [-0.25, -0.2) is 10.8 Å². The highest BCUT2D eigenvalue weighted by atomic mass is 16.2. The number of aromatic nitrogens is 1. The molecule has 1 fully saturated rings. The lowest BCUT2D eigenvalue weighted by Gasteiger charge is -2.38. The van der Waals surface area contributed by atoms with Crippen molar-refractivity contribution in [1.82, 2.24) is 9.88 Å². The molecule has 1 aromatic rings. The standard InChI is InChI=1S/C13H20N4O/c1-13(2)6-3-7-17(9-13)12(18)10-4-5-11(16-14)15-8-10/h4-5,8H,3,6-7,9,14H2,1-2H3,(H,15,16). The van der Waals surface area contributed by atoms with Crippen molar-refractivity contribution in [3.05, 3.63) is 23.9 Å². The first-order chi connectivity index (χ1) is 8.52. The highest BCUT2D eigenvalue weighted by Gasteiger charge is 2.29. The van der Waals surface area contributed by atoms with Crippen LogP contribution in [0.1, 0.15) is 37.0 Å². The Morgan fingerprint density at radius 3 is 2.83 bits per heavy atom. The Hall–Kier alpha value is -1.62. The molecule has 2 heterocycles. The largest absolute Gasteiger partial charge is 0.338 e. The molecule has 1 saturated heterocycles. The van der Waals surface area contributed by atoms with Gasteiger partial charge in [0.25, 0.3) is 5.91 Å². The maximum atomic E-state index is 12.3. The lowest BCUT2D eigenvalue weighted by molar-refractivity contribution is 0.0583. The number of anilines is 1. The van der Waals surface area contributed by atoms with E-state index in [0.29, 0.717) is 11.4 Å². The van der Waals surface area contributed by atoms with Gasteiger partial charge in [0.05, 0.1) is 5.56 Å². The average molecular weight is 248 g/mol. The van der Waals surface area contributed by atoms with Crippen molar-refractivity contribution < 1.29 is 4.79 Å². The molecule has 1 aliphatic rings. The predicted molar refractivity (Wildman–Crippen MR) is 71.0 cm³/mol. The number of nitrogen functional groups attached to an aromatic ring is 1. The van der Waals surface area contributed by atoms with Crippen molar-refractivity contribution in [3.63, 3.8) is 0 Å². The lowest BCUT2D eigenvalue weighted by Crippen LogP contribution is -2.43. The molecule has 3 N–H and O–H groups in total. The fourth-order valence-corrected chi connectivity index (χ4v) is 2.38.